The van der Waals surface area contributed by atoms with Crippen LogP contribution in [0.2, 0.25) is 0 Å². The predicted molar refractivity (Wildman–Crippen MR) is 103 cm³/mol. The second-order valence-corrected chi connectivity index (χ2v) is 6.82. The molecular weight excluding hydrogens is 328 g/mol. The lowest BCUT2D eigenvalue weighted by atomic mass is 10.1. The monoisotopic (exact) mass is 356 g/mol. The highest BCUT2D eigenvalue weighted by Crippen LogP contribution is 2.24. The molecule has 26 heavy (non-hydrogen) atoms. The van der Waals surface area contributed by atoms with Crippen LogP contribution >= 0.6 is 0 Å². The largest absolute Gasteiger partial charge is 0.376 e. The Labute approximate surface area is 155 Å². The van der Waals surface area contributed by atoms with Crippen LogP contribution in [0.5, 0.6) is 0 Å². The number of amides is 2. The minimum Gasteiger partial charge on any atom is -0.376 e. The third kappa shape index (κ3) is 4.07. The average Bonchev–Trinajstić information content (AvgIpc) is 2.99. The van der Waals surface area contributed by atoms with Crippen LogP contribution in [0.3, 0.4) is 0 Å². The van der Waals surface area contributed by atoms with E-state index in [1.54, 1.807) is 4.90 Å². The van der Waals surface area contributed by atoms with Crippen molar-refractivity contribution >= 4 is 11.8 Å². The molecule has 0 bridgehead atoms. The van der Waals surface area contributed by atoms with Crippen molar-refractivity contribution in [3.8, 4) is 5.69 Å². The van der Waals surface area contributed by atoms with Crippen molar-refractivity contribution in [1.82, 2.24) is 14.7 Å². The van der Waals surface area contributed by atoms with Crippen molar-refractivity contribution in [2.75, 3.05) is 25.5 Å². The lowest BCUT2D eigenvalue weighted by Gasteiger charge is -2.27. The van der Waals surface area contributed by atoms with E-state index in [4.69, 9.17) is 4.74 Å². The van der Waals surface area contributed by atoms with Gasteiger partial charge < -0.3 is 9.64 Å². The van der Waals surface area contributed by atoms with Crippen LogP contribution in [0, 0.1) is 6.92 Å². The molecule has 2 heterocycles. The van der Waals surface area contributed by atoms with Gasteiger partial charge in [-0.05, 0) is 44.7 Å². The third-order valence-corrected chi connectivity index (χ3v) is 4.88. The Morgan fingerprint density at radius 3 is 2.77 bits per heavy atom. The first-order valence-electron chi connectivity index (χ1n) is 9.37. The molecule has 1 aliphatic heterocycles. The molecule has 1 unspecified atom stereocenters. The van der Waals surface area contributed by atoms with E-state index in [9.17, 15) is 4.79 Å². The summed E-state index contributed by atoms with van der Waals surface area (Å²) in [6.07, 6.45) is 4.24. The Kier molecular flexibility index (Phi) is 5.93. The van der Waals surface area contributed by atoms with Crippen molar-refractivity contribution in [2.45, 2.75) is 45.6 Å². The standard InChI is InChI=1S/C20H28N4O2/c1-4-18-15(2)19(24(22-18)16-10-6-5-7-11-16)21-20(25)23(3)14-17-12-8-9-13-26-17/h5-7,10-11,17H,4,8-9,12-14H2,1-3H3,(H,21,25). The van der Waals surface area contributed by atoms with Gasteiger partial charge in [-0.25, -0.2) is 9.48 Å². The quantitative estimate of drug-likeness (QED) is 0.887. The number of hydrogen-bond acceptors (Lipinski definition) is 3. The molecule has 0 saturated carbocycles. The summed E-state index contributed by atoms with van der Waals surface area (Å²) in [5, 5.41) is 7.74. The third-order valence-electron chi connectivity index (χ3n) is 4.88. The number of urea groups is 1. The number of aryl methyl sites for hydroxylation is 1. The number of hydrogen-bond donors (Lipinski definition) is 1. The second kappa shape index (κ2) is 8.36. The summed E-state index contributed by atoms with van der Waals surface area (Å²) in [7, 11) is 1.81. The molecule has 0 radical (unpaired) electrons. The first-order chi connectivity index (χ1) is 12.6. The highest BCUT2D eigenvalue weighted by molar-refractivity contribution is 5.89. The summed E-state index contributed by atoms with van der Waals surface area (Å²) in [5.74, 6) is 0.731. The van der Waals surface area contributed by atoms with Gasteiger partial charge in [0.25, 0.3) is 0 Å². The smallest absolute Gasteiger partial charge is 0.322 e. The van der Waals surface area contributed by atoms with Gasteiger partial charge in [0.15, 0.2) is 0 Å². The molecule has 1 saturated heterocycles. The van der Waals surface area contributed by atoms with Gasteiger partial charge in [-0.1, -0.05) is 25.1 Å². The van der Waals surface area contributed by atoms with Crippen LogP contribution < -0.4 is 5.32 Å². The molecule has 140 valence electrons. The second-order valence-electron chi connectivity index (χ2n) is 6.82. The van der Waals surface area contributed by atoms with Crippen LogP contribution in [0.4, 0.5) is 10.6 Å². The molecule has 6 heteroatoms. The van der Waals surface area contributed by atoms with Crippen molar-refractivity contribution in [3.63, 3.8) is 0 Å². The molecule has 0 spiro atoms. The Bertz CT molecular complexity index is 736. The Morgan fingerprint density at radius 1 is 1.35 bits per heavy atom. The number of benzene rings is 1. The number of carbonyl (C=O) groups is 1. The minimum atomic E-state index is -0.137. The van der Waals surface area contributed by atoms with E-state index in [2.05, 4.69) is 17.3 Å². The number of nitrogens with zero attached hydrogens (tertiary/aromatic N) is 3. The van der Waals surface area contributed by atoms with E-state index in [1.165, 1.54) is 6.42 Å². The molecule has 1 atom stereocenters. The molecule has 0 aliphatic carbocycles. The number of para-hydroxylation sites is 1. The summed E-state index contributed by atoms with van der Waals surface area (Å²) in [4.78, 5) is 14.4. The minimum absolute atomic E-state index is 0.130. The van der Waals surface area contributed by atoms with Crippen LogP contribution in [0.15, 0.2) is 30.3 Å². The highest BCUT2D eigenvalue weighted by Gasteiger charge is 2.22. The van der Waals surface area contributed by atoms with Crippen LogP contribution in [0.1, 0.15) is 37.4 Å². The summed E-state index contributed by atoms with van der Waals surface area (Å²) < 4.78 is 7.56. The Morgan fingerprint density at radius 2 is 2.12 bits per heavy atom. The van der Waals surface area contributed by atoms with Crippen LogP contribution in [-0.2, 0) is 11.2 Å². The highest BCUT2D eigenvalue weighted by atomic mass is 16.5. The maximum atomic E-state index is 12.7. The molecule has 2 aromatic rings. The maximum Gasteiger partial charge on any atom is 0.322 e. The first kappa shape index (κ1) is 18.5. The zero-order valence-corrected chi connectivity index (χ0v) is 15.9. The lowest BCUT2D eigenvalue weighted by molar-refractivity contribution is 0.00463. The number of nitrogens with one attached hydrogen (secondary N) is 1. The molecule has 1 aliphatic rings. The number of likely N-dealkylation sites (N-methyl/N-ethyl adjacent to an activating group) is 1. The van der Waals surface area contributed by atoms with Crippen LogP contribution in [-0.4, -0.2) is 47.0 Å². The molecule has 1 aromatic carbocycles. The number of carbonyl (C=O) groups excluding carboxylic acids is 1. The van der Waals surface area contributed by atoms with Crippen molar-refractivity contribution in [1.29, 1.82) is 0 Å². The van der Waals surface area contributed by atoms with Crippen LogP contribution in [0.25, 0.3) is 5.69 Å². The maximum absolute atomic E-state index is 12.7. The SMILES string of the molecule is CCc1nn(-c2ccccc2)c(NC(=O)N(C)CC2CCCCO2)c1C. The fraction of sp³-hybridized carbons (Fsp3) is 0.500. The molecule has 6 nitrogen and oxygen atoms in total. The fourth-order valence-corrected chi connectivity index (χ4v) is 3.32. The zero-order valence-electron chi connectivity index (χ0n) is 15.9. The van der Waals surface area contributed by atoms with E-state index in [0.29, 0.717) is 6.54 Å². The summed E-state index contributed by atoms with van der Waals surface area (Å²) in [6.45, 7) is 5.47. The van der Waals surface area contributed by atoms with Gasteiger partial charge in [0.1, 0.15) is 5.82 Å². The Hall–Kier alpha value is -2.34. The molecule has 1 N–H and O–H groups in total. The molecule has 3 rings (SSSR count). The number of aromatic nitrogens is 2. The van der Waals surface area contributed by atoms with Gasteiger partial charge in [0, 0.05) is 25.8 Å². The summed E-state index contributed by atoms with van der Waals surface area (Å²) >= 11 is 0. The van der Waals surface area contributed by atoms with Gasteiger partial charge in [-0.3, -0.25) is 5.32 Å². The van der Waals surface area contributed by atoms with Crippen molar-refractivity contribution in [3.05, 3.63) is 41.6 Å². The normalized spacial score (nSPS) is 17.1. The first-order valence-corrected chi connectivity index (χ1v) is 9.37. The fourth-order valence-electron chi connectivity index (χ4n) is 3.32. The number of rotatable bonds is 5. The topological polar surface area (TPSA) is 59.4 Å². The molecule has 1 fully saturated rings. The molecule has 2 amide bonds. The number of anilines is 1. The van der Waals surface area contributed by atoms with Crippen molar-refractivity contribution < 1.29 is 9.53 Å². The van der Waals surface area contributed by atoms with E-state index in [1.807, 2.05) is 49.0 Å². The Balaban J connectivity index is 1.77. The van der Waals surface area contributed by atoms with Gasteiger partial charge in [0.2, 0.25) is 0 Å². The van der Waals surface area contributed by atoms with Gasteiger partial charge in [-0.2, -0.15) is 5.10 Å². The summed E-state index contributed by atoms with van der Waals surface area (Å²) in [5.41, 5.74) is 2.93. The van der Waals surface area contributed by atoms with E-state index in [0.717, 1.165) is 48.6 Å². The number of ether oxygens (including phenoxy) is 1. The van der Waals surface area contributed by atoms with E-state index in [-0.39, 0.29) is 12.1 Å². The van der Waals surface area contributed by atoms with Gasteiger partial charge in [-0.15, -0.1) is 0 Å². The predicted octanol–water partition coefficient (Wildman–Crippen LogP) is 3.78. The summed E-state index contributed by atoms with van der Waals surface area (Å²) in [6, 6.07) is 9.74. The van der Waals surface area contributed by atoms with E-state index >= 15 is 0 Å². The average molecular weight is 356 g/mol. The van der Waals surface area contributed by atoms with E-state index < -0.39 is 0 Å². The van der Waals surface area contributed by atoms with Crippen molar-refractivity contribution in [2.24, 2.45) is 0 Å². The molecule has 1 aromatic heterocycles. The lowest BCUT2D eigenvalue weighted by Crippen LogP contribution is -2.39. The molecular formula is C20H28N4O2. The van der Waals surface area contributed by atoms with Gasteiger partial charge in [0.05, 0.1) is 17.5 Å². The van der Waals surface area contributed by atoms with Gasteiger partial charge >= 0.3 is 6.03 Å². The zero-order chi connectivity index (χ0) is 18.5.